The van der Waals surface area contributed by atoms with Gasteiger partial charge in [0.2, 0.25) is 0 Å². The molecule has 0 atom stereocenters. The molecule has 2 aromatic rings. The van der Waals surface area contributed by atoms with E-state index in [9.17, 15) is 0 Å². The first-order valence-corrected chi connectivity index (χ1v) is 7.03. The minimum absolute atomic E-state index is 0.783. The third-order valence-corrected chi connectivity index (χ3v) is 4.06. The van der Waals surface area contributed by atoms with Crippen molar-refractivity contribution in [3.8, 4) is 0 Å². The second-order valence-electron chi connectivity index (χ2n) is 4.28. The summed E-state index contributed by atoms with van der Waals surface area (Å²) in [6.07, 6.45) is 0. The molecule has 0 heterocycles. The second kappa shape index (κ2) is 6.37. The number of hydrogen-bond acceptors (Lipinski definition) is 1. The third kappa shape index (κ3) is 3.58. The van der Waals surface area contributed by atoms with Crippen molar-refractivity contribution in [2.24, 2.45) is 0 Å². The highest BCUT2D eigenvalue weighted by Crippen LogP contribution is 2.18. The molecular weight excluding hydrogens is 310 g/mol. The van der Waals surface area contributed by atoms with Gasteiger partial charge in [0.25, 0.3) is 0 Å². The maximum atomic E-state index is 6.10. The van der Waals surface area contributed by atoms with E-state index in [1.165, 1.54) is 11.1 Å². The summed E-state index contributed by atoms with van der Waals surface area (Å²) >= 11 is 9.65. The Bertz CT molecular complexity index is 540. The number of hydrogen-bond donors (Lipinski definition) is 1. The van der Waals surface area contributed by atoms with Gasteiger partial charge < -0.3 is 5.32 Å². The van der Waals surface area contributed by atoms with E-state index in [1.807, 2.05) is 24.3 Å². The van der Waals surface area contributed by atoms with Crippen molar-refractivity contribution in [2.75, 3.05) is 0 Å². The van der Waals surface area contributed by atoms with Gasteiger partial charge in [0, 0.05) is 22.6 Å². The van der Waals surface area contributed by atoms with Gasteiger partial charge in [0.1, 0.15) is 0 Å². The first-order chi connectivity index (χ1) is 8.66. The van der Waals surface area contributed by atoms with Crippen LogP contribution in [0.25, 0.3) is 0 Å². The van der Waals surface area contributed by atoms with Crippen LogP contribution in [0.15, 0.2) is 46.9 Å². The Morgan fingerprint density at radius 2 is 1.89 bits per heavy atom. The quantitative estimate of drug-likeness (QED) is 0.859. The Labute approximate surface area is 121 Å². The number of nitrogens with one attached hydrogen (secondary N) is 1. The van der Waals surface area contributed by atoms with Crippen LogP contribution in [0.4, 0.5) is 0 Å². The molecule has 1 N–H and O–H groups in total. The third-order valence-electron chi connectivity index (χ3n) is 2.84. The molecule has 0 amide bonds. The Kier molecular flexibility index (Phi) is 4.81. The molecule has 0 aliphatic carbocycles. The van der Waals surface area contributed by atoms with Crippen molar-refractivity contribution in [3.63, 3.8) is 0 Å². The normalized spacial score (nSPS) is 10.6. The molecule has 0 radical (unpaired) electrons. The number of benzene rings is 2. The lowest BCUT2D eigenvalue weighted by Crippen LogP contribution is -2.12. The minimum Gasteiger partial charge on any atom is -0.309 e. The Morgan fingerprint density at radius 3 is 2.61 bits per heavy atom. The molecule has 0 aliphatic heterocycles. The lowest BCUT2D eigenvalue weighted by molar-refractivity contribution is 0.693. The van der Waals surface area contributed by atoms with E-state index in [1.54, 1.807) is 0 Å². The molecule has 94 valence electrons. The van der Waals surface area contributed by atoms with Crippen molar-refractivity contribution >= 4 is 27.5 Å². The van der Waals surface area contributed by atoms with Crippen LogP contribution in [0, 0.1) is 6.92 Å². The molecule has 3 heteroatoms. The summed E-state index contributed by atoms with van der Waals surface area (Å²) in [6.45, 7) is 3.71. The zero-order chi connectivity index (χ0) is 13.0. The fourth-order valence-electron chi connectivity index (χ4n) is 1.73. The topological polar surface area (TPSA) is 12.0 Å². The van der Waals surface area contributed by atoms with Crippen molar-refractivity contribution in [1.82, 2.24) is 5.32 Å². The van der Waals surface area contributed by atoms with E-state index < -0.39 is 0 Å². The van der Waals surface area contributed by atoms with Crippen LogP contribution in [0.5, 0.6) is 0 Å². The van der Waals surface area contributed by atoms with E-state index in [0.717, 1.165) is 28.1 Å². The Hall–Kier alpha value is -0.830. The average Bonchev–Trinajstić information content (AvgIpc) is 2.36. The SMILES string of the molecule is Cc1ccc(CNCc2ccccc2Cl)cc1Br. The maximum absolute atomic E-state index is 6.10. The second-order valence-corrected chi connectivity index (χ2v) is 5.54. The largest absolute Gasteiger partial charge is 0.309 e. The highest BCUT2D eigenvalue weighted by atomic mass is 79.9. The number of rotatable bonds is 4. The van der Waals surface area contributed by atoms with Gasteiger partial charge in [-0.05, 0) is 35.7 Å². The number of aryl methyl sites for hydroxylation is 1. The van der Waals surface area contributed by atoms with Gasteiger partial charge in [-0.3, -0.25) is 0 Å². The number of halogens is 2. The molecule has 2 rings (SSSR count). The van der Waals surface area contributed by atoms with E-state index in [0.29, 0.717) is 0 Å². The lowest BCUT2D eigenvalue weighted by atomic mass is 10.1. The molecule has 0 saturated heterocycles. The smallest absolute Gasteiger partial charge is 0.0450 e. The summed E-state index contributed by atoms with van der Waals surface area (Å²) in [5, 5.41) is 4.22. The van der Waals surface area contributed by atoms with Crippen molar-refractivity contribution in [1.29, 1.82) is 0 Å². The lowest BCUT2D eigenvalue weighted by Gasteiger charge is -2.08. The fraction of sp³-hybridized carbons (Fsp3) is 0.200. The molecule has 0 fully saturated rings. The van der Waals surface area contributed by atoms with E-state index in [-0.39, 0.29) is 0 Å². The molecule has 2 aromatic carbocycles. The molecule has 0 unspecified atom stereocenters. The molecule has 18 heavy (non-hydrogen) atoms. The van der Waals surface area contributed by atoms with Crippen LogP contribution in [0.1, 0.15) is 16.7 Å². The van der Waals surface area contributed by atoms with Crippen molar-refractivity contribution in [3.05, 3.63) is 68.7 Å². The van der Waals surface area contributed by atoms with Gasteiger partial charge in [-0.1, -0.05) is 57.9 Å². The fourth-order valence-corrected chi connectivity index (χ4v) is 2.36. The maximum Gasteiger partial charge on any atom is 0.0450 e. The molecule has 0 saturated carbocycles. The molecule has 0 spiro atoms. The predicted molar refractivity (Wildman–Crippen MR) is 80.9 cm³/mol. The first kappa shape index (κ1) is 13.6. The summed E-state index contributed by atoms with van der Waals surface area (Å²) in [5.41, 5.74) is 3.65. The van der Waals surface area contributed by atoms with Crippen LogP contribution in [-0.4, -0.2) is 0 Å². The van der Waals surface area contributed by atoms with Gasteiger partial charge in [-0.25, -0.2) is 0 Å². The highest BCUT2D eigenvalue weighted by Gasteiger charge is 2.00. The molecule has 0 aliphatic rings. The highest BCUT2D eigenvalue weighted by molar-refractivity contribution is 9.10. The summed E-state index contributed by atoms with van der Waals surface area (Å²) in [5.74, 6) is 0. The molecule has 0 bridgehead atoms. The zero-order valence-corrected chi connectivity index (χ0v) is 12.6. The Morgan fingerprint density at radius 1 is 1.11 bits per heavy atom. The van der Waals surface area contributed by atoms with E-state index >= 15 is 0 Å². The van der Waals surface area contributed by atoms with Gasteiger partial charge in [0.15, 0.2) is 0 Å². The molecule has 0 aromatic heterocycles. The van der Waals surface area contributed by atoms with Crippen LogP contribution >= 0.6 is 27.5 Å². The van der Waals surface area contributed by atoms with Crippen molar-refractivity contribution in [2.45, 2.75) is 20.0 Å². The van der Waals surface area contributed by atoms with Crippen LogP contribution in [0.2, 0.25) is 5.02 Å². The average molecular weight is 325 g/mol. The van der Waals surface area contributed by atoms with Crippen LogP contribution < -0.4 is 5.32 Å². The first-order valence-electron chi connectivity index (χ1n) is 5.86. The van der Waals surface area contributed by atoms with Gasteiger partial charge in [-0.2, -0.15) is 0 Å². The summed E-state index contributed by atoms with van der Waals surface area (Å²) in [6, 6.07) is 14.3. The van der Waals surface area contributed by atoms with Gasteiger partial charge in [0.05, 0.1) is 0 Å². The van der Waals surface area contributed by atoms with E-state index in [2.05, 4.69) is 46.4 Å². The monoisotopic (exact) mass is 323 g/mol. The van der Waals surface area contributed by atoms with Crippen LogP contribution in [-0.2, 0) is 13.1 Å². The minimum atomic E-state index is 0.783. The summed E-state index contributed by atoms with van der Waals surface area (Å²) in [4.78, 5) is 0. The van der Waals surface area contributed by atoms with Gasteiger partial charge >= 0.3 is 0 Å². The van der Waals surface area contributed by atoms with Crippen LogP contribution in [0.3, 0.4) is 0 Å². The standard InChI is InChI=1S/C15H15BrClN/c1-11-6-7-12(8-14(11)16)9-18-10-13-4-2-3-5-15(13)17/h2-8,18H,9-10H2,1H3. The zero-order valence-electron chi connectivity index (χ0n) is 10.2. The summed E-state index contributed by atoms with van der Waals surface area (Å²) < 4.78 is 1.15. The Balaban J connectivity index is 1.92. The molecular formula is C15H15BrClN. The summed E-state index contributed by atoms with van der Waals surface area (Å²) in [7, 11) is 0. The predicted octanol–water partition coefficient (Wildman–Crippen LogP) is 4.70. The van der Waals surface area contributed by atoms with Crippen molar-refractivity contribution < 1.29 is 0 Å². The van der Waals surface area contributed by atoms with E-state index in [4.69, 9.17) is 11.6 Å². The van der Waals surface area contributed by atoms with Gasteiger partial charge in [-0.15, -0.1) is 0 Å². The molecule has 1 nitrogen and oxygen atoms in total.